The van der Waals surface area contributed by atoms with E-state index < -0.39 is 0 Å². The average Bonchev–Trinajstić information content (AvgIpc) is 2.49. The summed E-state index contributed by atoms with van der Waals surface area (Å²) >= 11 is 0. The fourth-order valence-electron chi connectivity index (χ4n) is 2.41. The number of hydrogen-bond acceptors (Lipinski definition) is 2. The van der Waals surface area contributed by atoms with Crippen LogP contribution in [0.3, 0.4) is 0 Å². The summed E-state index contributed by atoms with van der Waals surface area (Å²) in [5, 5.41) is 15.6. The summed E-state index contributed by atoms with van der Waals surface area (Å²) in [7, 11) is 0. The van der Waals surface area contributed by atoms with Gasteiger partial charge in [0.2, 0.25) is 0 Å². The topological polar surface area (TPSA) is 32.3 Å². The van der Waals surface area contributed by atoms with E-state index >= 15 is 0 Å². The summed E-state index contributed by atoms with van der Waals surface area (Å²) in [5.74, 6) is 0.236. The molecule has 0 saturated carbocycles. The molecule has 0 aliphatic heterocycles. The van der Waals surface area contributed by atoms with Crippen molar-refractivity contribution in [2.75, 3.05) is 5.32 Å². The summed E-state index contributed by atoms with van der Waals surface area (Å²) in [4.78, 5) is 0. The second kappa shape index (κ2) is 5.33. The van der Waals surface area contributed by atoms with Gasteiger partial charge in [0.25, 0.3) is 0 Å². The first-order valence-electron chi connectivity index (χ1n) is 6.89. The molecule has 0 saturated heterocycles. The zero-order valence-corrected chi connectivity index (χ0v) is 11.9. The fourth-order valence-corrected chi connectivity index (χ4v) is 2.41. The first kappa shape index (κ1) is 13.3. The predicted octanol–water partition coefficient (Wildman–Crippen LogP) is 4.94. The molecule has 3 rings (SSSR count). The maximum atomic E-state index is 10.2. The number of aryl methyl sites for hydroxylation is 1. The number of phenols is 1. The molecule has 21 heavy (non-hydrogen) atoms. The third-order valence-corrected chi connectivity index (χ3v) is 3.62. The summed E-state index contributed by atoms with van der Waals surface area (Å²) in [5.41, 5.74) is 3.54. The van der Waals surface area contributed by atoms with Crippen LogP contribution >= 0.6 is 0 Å². The van der Waals surface area contributed by atoms with Gasteiger partial charge in [-0.2, -0.15) is 0 Å². The van der Waals surface area contributed by atoms with E-state index in [4.69, 9.17) is 0 Å². The highest BCUT2D eigenvalue weighted by atomic mass is 16.3. The summed E-state index contributed by atoms with van der Waals surface area (Å²) in [6.07, 6.45) is 0. The maximum absolute atomic E-state index is 10.2. The summed E-state index contributed by atoms with van der Waals surface area (Å²) < 4.78 is 0. The van der Waals surface area contributed by atoms with E-state index in [-0.39, 0.29) is 5.75 Å². The van der Waals surface area contributed by atoms with Gasteiger partial charge in [0.1, 0.15) is 5.75 Å². The monoisotopic (exact) mass is 275 g/mol. The van der Waals surface area contributed by atoms with Crippen LogP contribution in [0, 0.1) is 6.92 Å². The van der Waals surface area contributed by atoms with Crippen molar-refractivity contribution < 1.29 is 5.11 Å². The largest absolute Gasteiger partial charge is 0.507 e. The number of nitrogens with one attached hydrogen (secondary N) is 1. The Hall–Kier alpha value is -2.74. The van der Waals surface area contributed by atoms with Crippen molar-refractivity contribution >= 4 is 22.2 Å². The van der Waals surface area contributed by atoms with E-state index in [0.717, 1.165) is 27.6 Å². The van der Waals surface area contributed by atoms with E-state index in [1.54, 1.807) is 6.07 Å². The number of rotatable bonds is 3. The SMILES string of the molecule is C=C(Nc1ccccc1C)c1cc2ccccc2cc1O. The van der Waals surface area contributed by atoms with Gasteiger partial charge >= 0.3 is 0 Å². The maximum Gasteiger partial charge on any atom is 0.125 e. The normalized spacial score (nSPS) is 10.5. The van der Waals surface area contributed by atoms with Gasteiger partial charge in [-0.05, 0) is 41.5 Å². The highest BCUT2D eigenvalue weighted by Crippen LogP contribution is 2.30. The van der Waals surface area contributed by atoms with Gasteiger partial charge in [0.15, 0.2) is 0 Å². The molecule has 0 spiro atoms. The first-order chi connectivity index (χ1) is 10.1. The van der Waals surface area contributed by atoms with Crippen molar-refractivity contribution in [2.24, 2.45) is 0 Å². The number of hydrogen-bond donors (Lipinski definition) is 2. The Morgan fingerprint density at radius 1 is 0.952 bits per heavy atom. The van der Waals surface area contributed by atoms with Crippen LogP contribution in [0.1, 0.15) is 11.1 Å². The number of fused-ring (bicyclic) bond motifs is 1. The van der Waals surface area contributed by atoms with E-state index in [1.807, 2.05) is 61.5 Å². The summed E-state index contributed by atoms with van der Waals surface area (Å²) in [6, 6.07) is 19.7. The van der Waals surface area contributed by atoms with Crippen molar-refractivity contribution in [3.05, 3.63) is 78.4 Å². The third-order valence-electron chi connectivity index (χ3n) is 3.62. The molecule has 0 aromatic heterocycles. The van der Waals surface area contributed by atoms with Crippen LogP contribution in [0.4, 0.5) is 5.69 Å². The molecule has 0 fully saturated rings. The molecule has 2 nitrogen and oxygen atoms in total. The molecule has 104 valence electrons. The molecular weight excluding hydrogens is 258 g/mol. The van der Waals surface area contributed by atoms with Crippen LogP contribution in [0.5, 0.6) is 5.75 Å². The van der Waals surface area contributed by atoms with Crippen LogP contribution in [-0.4, -0.2) is 5.11 Å². The lowest BCUT2D eigenvalue weighted by Gasteiger charge is -2.14. The van der Waals surface area contributed by atoms with Crippen LogP contribution in [-0.2, 0) is 0 Å². The zero-order chi connectivity index (χ0) is 14.8. The Bertz CT molecular complexity index is 821. The van der Waals surface area contributed by atoms with E-state index in [9.17, 15) is 5.11 Å². The van der Waals surface area contributed by atoms with Gasteiger partial charge in [0, 0.05) is 16.9 Å². The lowest BCUT2D eigenvalue weighted by molar-refractivity contribution is 0.474. The quantitative estimate of drug-likeness (QED) is 0.709. The molecule has 0 bridgehead atoms. The van der Waals surface area contributed by atoms with Crippen LogP contribution < -0.4 is 5.32 Å². The van der Waals surface area contributed by atoms with Crippen molar-refractivity contribution in [2.45, 2.75) is 6.92 Å². The molecule has 0 aliphatic carbocycles. The van der Waals surface area contributed by atoms with Crippen LogP contribution in [0.25, 0.3) is 16.5 Å². The molecule has 3 aromatic rings. The van der Waals surface area contributed by atoms with Crippen molar-refractivity contribution in [1.29, 1.82) is 0 Å². The van der Waals surface area contributed by atoms with Crippen LogP contribution in [0.15, 0.2) is 67.2 Å². The van der Waals surface area contributed by atoms with Gasteiger partial charge < -0.3 is 10.4 Å². The molecule has 0 radical (unpaired) electrons. The Morgan fingerprint density at radius 3 is 2.29 bits per heavy atom. The Kier molecular flexibility index (Phi) is 3.36. The molecule has 0 unspecified atom stereocenters. The smallest absolute Gasteiger partial charge is 0.125 e. The zero-order valence-electron chi connectivity index (χ0n) is 11.9. The Balaban J connectivity index is 1.98. The molecule has 0 amide bonds. The van der Waals surface area contributed by atoms with Gasteiger partial charge in [-0.15, -0.1) is 0 Å². The highest BCUT2D eigenvalue weighted by molar-refractivity contribution is 5.90. The average molecular weight is 275 g/mol. The minimum atomic E-state index is 0.236. The van der Waals surface area contributed by atoms with Crippen molar-refractivity contribution in [3.63, 3.8) is 0 Å². The van der Waals surface area contributed by atoms with Gasteiger partial charge in [-0.1, -0.05) is 49.0 Å². The molecule has 0 atom stereocenters. The lowest BCUT2D eigenvalue weighted by atomic mass is 10.0. The lowest BCUT2D eigenvalue weighted by Crippen LogP contribution is -1.99. The molecular formula is C19H17NO. The Morgan fingerprint density at radius 2 is 1.57 bits per heavy atom. The standard InChI is InChI=1S/C19H17NO/c1-13-7-3-6-10-18(13)20-14(2)17-11-15-8-4-5-9-16(15)12-19(17)21/h3-12,20-21H,2H2,1H3. The van der Waals surface area contributed by atoms with E-state index in [0.29, 0.717) is 5.70 Å². The molecule has 2 N–H and O–H groups in total. The van der Waals surface area contributed by atoms with Gasteiger partial charge in [-0.3, -0.25) is 0 Å². The number of aromatic hydroxyl groups is 1. The second-order valence-corrected chi connectivity index (χ2v) is 5.13. The molecule has 2 heteroatoms. The molecule has 0 aliphatic rings. The number of anilines is 1. The summed E-state index contributed by atoms with van der Waals surface area (Å²) in [6.45, 7) is 6.10. The van der Waals surface area contributed by atoms with E-state index in [2.05, 4.69) is 11.9 Å². The third kappa shape index (κ3) is 2.61. The minimum Gasteiger partial charge on any atom is -0.507 e. The fraction of sp³-hybridized carbons (Fsp3) is 0.0526. The molecule has 0 heterocycles. The highest BCUT2D eigenvalue weighted by Gasteiger charge is 2.08. The number of phenolic OH excluding ortho intramolecular Hbond substituents is 1. The van der Waals surface area contributed by atoms with Gasteiger partial charge in [-0.25, -0.2) is 0 Å². The number of para-hydroxylation sites is 1. The predicted molar refractivity (Wildman–Crippen MR) is 89.4 cm³/mol. The van der Waals surface area contributed by atoms with Gasteiger partial charge in [0.05, 0.1) is 0 Å². The number of benzene rings is 3. The minimum absolute atomic E-state index is 0.236. The second-order valence-electron chi connectivity index (χ2n) is 5.13. The first-order valence-corrected chi connectivity index (χ1v) is 6.89. The Labute approximate surface area is 124 Å². The van der Waals surface area contributed by atoms with E-state index in [1.165, 1.54) is 0 Å². The molecule has 3 aromatic carbocycles. The van der Waals surface area contributed by atoms with Crippen LogP contribution in [0.2, 0.25) is 0 Å². The van der Waals surface area contributed by atoms with Crippen molar-refractivity contribution in [1.82, 2.24) is 0 Å². The van der Waals surface area contributed by atoms with Crippen molar-refractivity contribution in [3.8, 4) is 5.75 Å².